The van der Waals surface area contributed by atoms with Crippen molar-refractivity contribution in [3.05, 3.63) is 88.5 Å². The number of anilines is 2. The van der Waals surface area contributed by atoms with E-state index in [1.165, 1.54) is 4.31 Å². The molecular weight excluding hydrogens is 488 g/mol. The number of esters is 1. The third-order valence-corrected chi connectivity index (χ3v) is 7.75. The molecule has 37 heavy (non-hydrogen) atoms. The first-order chi connectivity index (χ1) is 17.3. The molecule has 1 amide bonds. The Labute approximate surface area is 218 Å². The first-order valence-corrected chi connectivity index (χ1v) is 13.6. The second-order valence-electron chi connectivity index (χ2n) is 10.4. The fraction of sp³-hybridized carbons (Fsp3) is 0.310. The SMILES string of the molecule is Cc1cc(C)cc(S(=O)(=O)N2CCc3ccc(C(=O)Nc4ccc(CC(=O)OC(C)(C)C)cc4)cc32)c1. The van der Waals surface area contributed by atoms with Crippen LogP contribution in [0.3, 0.4) is 0 Å². The van der Waals surface area contributed by atoms with Crippen molar-refractivity contribution in [2.45, 2.75) is 58.0 Å². The van der Waals surface area contributed by atoms with Crippen molar-refractivity contribution in [3.63, 3.8) is 0 Å². The van der Waals surface area contributed by atoms with Crippen LogP contribution in [0.1, 0.15) is 53.4 Å². The number of rotatable bonds is 6. The van der Waals surface area contributed by atoms with Crippen molar-refractivity contribution in [1.29, 1.82) is 0 Å². The number of fused-ring (bicyclic) bond motifs is 1. The Morgan fingerprint density at radius 2 is 1.59 bits per heavy atom. The van der Waals surface area contributed by atoms with Gasteiger partial charge in [-0.05, 0) is 99.7 Å². The Morgan fingerprint density at radius 1 is 0.946 bits per heavy atom. The number of nitrogens with zero attached hydrogens (tertiary/aromatic N) is 1. The molecule has 1 N–H and O–H groups in total. The Hall–Kier alpha value is -3.65. The van der Waals surface area contributed by atoms with Gasteiger partial charge >= 0.3 is 5.97 Å². The van der Waals surface area contributed by atoms with Gasteiger partial charge in [0.25, 0.3) is 15.9 Å². The molecule has 0 aliphatic carbocycles. The predicted molar refractivity (Wildman–Crippen MR) is 145 cm³/mol. The van der Waals surface area contributed by atoms with E-state index in [1.54, 1.807) is 48.5 Å². The highest BCUT2D eigenvalue weighted by Crippen LogP contribution is 2.34. The van der Waals surface area contributed by atoms with Crippen LogP contribution >= 0.6 is 0 Å². The van der Waals surface area contributed by atoms with Gasteiger partial charge in [0, 0.05) is 17.8 Å². The molecule has 1 heterocycles. The lowest BCUT2D eigenvalue weighted by Crippen LogP contribution is -2.29. The smallest absolute Gasteiger partial charge is 0.310 e. The first kappa shape index (κ1) is 26.4. The van der Waals surface area contributed by atoms with E-state index in [1.807, 2.05) is 46.8 Å². The van der Waals surface area contributed by atoms with Crippen molar-refractivity contribution in [2.75, 3.05) is 16.2 Å². The molecule has 1 aliphatic rings. The second kappa shape index (κ2) is 10.0. The van der Waals surface area contributed by atoms with E-state index in [-0.39, 0.29) is 23.2 Å². The number of ether oxygens (including phenoxy) is 1. The molecule has 0 aromatic heterocycles. The van der Waals surface area contributed by atoms with Gasteiger partial charge in [0.05, 0.1) is 17.0 Å². The summed E-state index contributed by atoms with van der Waals surface area (Å²) in [5, 5.41) is 2.85. The molecule has 3 aromatic rings. The monoisotopic (exact) mass is 520 g/mol. The van der Waals surface area contributed by atoms with Gasteiger partial charge in [0.15, 0.2) is 0 Å². The molecule has 0 spiro atoms. The standard InChI is InChI=1S/C29H32N2O5S/c1-19-14-20(2)16-25(15-19)37(34,35)31-13-12-22-8-9-23(18-26(22)31)28(33)30-24-10-6-21(7-11-24)17-27(32)36-29(3,4)5/h6-11,14-16,18H,12-13,17H2,1-5H3,(H,30,33). The van der Waals surface area contributed by atoms with Crippen molar-refractivity contribution in [3.8, 4) is 0 Å². The minimum atomic E-state index is -3.76. The van der Waals surface area contributed by atoms with Crippen molar-refractivity contribution < 1.29 is 22.7 Å². The van der Waals surface area contributed by atoms with E-state index in [0.717, 1.165) is 22.3 Å². The maximum Gasteiger partial charge on any atom is 0.310 e. The molecule has 1 aliphatic heterocycles. The zero-order valence-corrected chi connectivity index (χ0v) is 22.6. The van der Waals surface area contributed by atoms with Crippen LogP contribution in [-0.2, 0) is 32.4 Å². The zero-order valence-electron chi connectivity index (χ0n) is 21.8. The fourth-order valence-electron chi connectivity index (χ4n) is 4.40. The lowest BCUT2D eigenvalue weighted by Gasteiger charge is -2.21. The normalized spacial score (nSPS) is 13.3. The summed E-state index contributed by atoms with van der Waals surface area (Å²) < 4.78 is 33.6. The van der Waals surface area contributed by atoms with Crippen molar-refractivity contribution >= 4 is 33.3 Å². The van der Waals surface area contributed by atoms with Crippen LogP contribution in [0, 0.1) is 13.8 Å². The summed E-state index contributed by atoms with van der Waals surface area (Å²) in [4.78, 5) is 25.3. The molecule has 0 radical (unpaired) electrons. The Balaban J connectivity index is 1.49. The molecule has 194 valence electrons. The number of nitrogens with one attached hydrogen (secondary N) is 1. The van der Waals surface area contributed by atoms with Crippen LogP contribution in [-0.4, -0.2) is 32.4 Å². The number of amides is 1. The molecule has 0 atom stereocenters. The van der Waals surface area contributed by atoms with Crippen LogP contribution in [0.25, 0.3) is 0 Å². The van der Waals surface area contributed by atoms with Gasteiger partial charge in [0.2, 0.25) is 0 Å². The number of hydrogen-bond donors (Lipinski definition) is 1. The van der Waals surface area contributed by atoms with Crippen LogP contribution in [0.2, 0.25) is 0 Å². The third kappa shape index (κ3) is 6.20. The van der Waals surface area contributed by atoms with Gasteiger partial charge in [-0.2, -0.15) is 0 Å². The number of benzene rings is 3. The van der Waals surface area contributed by atoms with Crippen LogP contribution in [0.4, 0.5) is 11.4 Å². The average Bonchev–Trinajstić information content (AvgIpc) is 3.22. The first-order valence-electron chi connectivity index (χ1n) is 12.2. The van der Waals surface area contributed by atoms with Crippen LogP contribution in [0.5, 0.6) is 0 Å². The number of hydrogen-bond acceptors (Lipinski definition) is 5. The van der Waals surface area contributed by atoms with E-state index < -0.39 is 15.6 Å². The highest BCUT2D eigenvalue weighted by molar-refractivity contribution is 7.92. The quantitative estimate of drug-likeness (QED) is 0.452. The minimum absolute atomic E-state index is 0.140. The summed E-state index contributed by atoms with van der Waals surface area (Å²) in [6, 6.07) is 17.4. The van der Waals surface area contributed by atoms with E-state index in [9.17, 15) is 18.0 Å². The summed E-state index contributed by atoms with van der Waals surface area (Å²) in [6.07, 6.45) is 0.724. The summed E-state index contributed by atoms with van der Waals surface area (Å²) in [6.45, 7) is 9.53. The van der Waals surface area contributed by atoms with E-state index >= 15 is 0 Å². The van der Waals surface area contributed by atoms with Gasteiger partial charge in [-0.3, -0.25) is 13.9 Å². The third-order valence-electron chi connectivity index (χ3n) is 5.96. The highest BCUT2D eigenvalue weighted by atomic mass is 32.2. The van der Waals surface area contributed by atoms with Gasteiger partial charge in [-0.25, -0.2) is 8.42 Å². The molecule has 4 rings (SSSR count). The molecule has 8 heteroatoms. The molecular formula is C29H32N2O5S. The minimum Gasteiger partial charge on any atom is -0.460 e. The number of aryl methyl sites for hydroxylation is 2. The number of carbonyl (C=O) groups excluding carboxylic acids is 2. The van der Waals surface area contributed by atoms with E-state index in [0.29, 0.717) is 29.9 Å². The Bertz CT molecular complexity index is 1430. The van der Waals surface area contributed by atoms with Gasteiger partial charge in [0.1, 0.15) is 5.60 Å². The van der Waals surface area contributed by atoms with Gasteiger partial charge in [-0.1, -0.05) is 24.3 Å². The Kier molecular flexibility index (Phi) is 7.15. The topological polar surface area (TPSA) is 92.8 Å². The molecule has 0 fully saturated rings. The molecule has 0 saturated carbocycles. The van der Waals surface area contributed by atoms with Crippen molar-refractivity contribution in [2.24, 2.45) is 0 Å². The second-order valence-corrected chi connectivity index (χ2v) is 12.3. The number of carbonyl (C=O) groups is 2. The summed E-state index contributed by atoms with van der Waals surface area (Å²) >= 11 is 0. The lowest BCUT2D eigenvalue weighted by atomic mass is 10.1. The number of sulfonamides is 1. The van der Waals surface area contributed by atoms with E-state index in [4.69, 9.17) is 4.74 Å². The zero-order chi connectivity index (χ0) is 27.0. The molecule has 0 saturated heterocycles. The summed E-state index contributed by atoms with van der Waals surface area (Å²) in [5.41, 5.74) is 4.32. The largest absolute Gasteiger partial charge is 0.460 e. The van der Waals surface area contributed by atoms with Gasteiger partial charge in [-0.15, -0.1) is 0 Å². The highest BCUT2D eigenvalue weighted by Gasteiger charge is 2.31. The van der Waals surface area contributed by atoms with Crippen LogP contribution in [0.15, 0.2) is 65.6 Å². The van der Waals surface area contributed by atoms with Gasteiger partial charge < -0.3 is 10.1 Å². The van der Waals surface area contributed by atoms with Crippen molar-refractivity contribution in [1.82, 2.24) is 0 Å². The fourth-order valence-corrected chi connectivity index (χ4v) is 6.09. The average molecular weight is 521 g/mol. The maximum absolute atomic E-state index is 13.5. The molecule has 0 bridgehead atoms. The van der Waals surface area contributed by atoms with Crippen LogP contribution < -0.4 is 9.62 Å². The Morgan fingerprint density at radius 3 is 2.22 bits per heavy atom. The molecule has 0 unspecified atom stereocenters. The predicted octanol–water partition coefficient (Wildman–Crippen LogP) is 5.19. The molecule has 7 nitrogen and oxygen atoms in total. The lowest BCUT2D eigenvalue weighted by molar-refractivity contribution is -0.153. The molecule has 3 aromatic carbocycles. The summed E-state index contributed by atoms with van der Waals surface area (Å²) in [7, 11) is -3.76. The maximum atomic E-state index is 13.5. The summed E-state index contributed by atoms with van der Waals surface area (Å²) in [5.74, 6) is -0.666. The van der Waals surface area contributed by atoms with E-state index in [2.05, 4.69) is 5.32 Å².